The molecule has 0 aliphatic rings. The second kappa shape index (κ2) is 5.66. The van der Waals surface area contributed by atoms with Crippen molar-refractivity contribution in [3.8, 4) is 0 Å². The summed E-state index contributed by atoms with van der Waals surface area (Å²) < 4.78 is 0. The van der Waals surface area contributed by atoms with Gasteiger partial charge in [0.15, 0.2) is 0 Å². The van der Waals surface area contributed by atoms with Crippen molar-refractivity contribution in [2.45, 2.75) is 20.3 Å². The van der Waals surface area contributed by atoms with Crippen LogP contribution in [0.25, 0.3) is 0 Å². The summed E-state index contributed by atoms with van der Waals surface area (Å²) in [6.07, 6.45) is 0.501. The zero-order valence-electron chi connectivity index (χ0n) is 10.2. The van der Waals surface area contributed by atoms with E-state index < -0.39 is 0 Å². The molecule has 0 fully saturated rings. The van der Waals surface area contributed by atoms with Gasteiger partial charge < -0.3 is 10.6 Å². The third kappa shape index (κ3) is 3.07. The first kappa shape index (κ1) is 12.7. The topological polar surface area (TPSA) is 46.3 Å². The van der Waals surface area contributed by atoms with E-state index in [1.165, 1.54) is 0 Å². The number of benzene rings is 1. The van der Waals surface area contributed by atoms with Crippen LogP contribution < -0.4 is 10.6 Å². The van der Waals surface area contributed by atoms with Crippen molar-refractivity contribution < 1.29 is 4.79 Å². The number of anilines is 1. The van der Waals surface area contributed by atoms with Gasteiger partial charge in [0.1, 0.15) is 0 Å². The molecule has 88 valence electrons. The SMILES string of the molecule is Cc1ccccc1N(C)C(=O)CC(C)CN. The first-order valence-electron chi connectivity index (χ1n) is 5.58. The first-order chi connectivity index (χ1) is 7.56. The van der Waals surface area contributed by atoms with Gasteiger partial charge in [-0.1, -0.05) is 25.1 Å². The Hall–Kier alpha value is -1.35. The fraction of sp³-hybridized carbons (Fsp3) is 0.462. The van der Waals surface area contributed by atoms with E-state index >= 15 is 0 Å². The maximum atomic E-state index is 11.9. The third-order valence-corrected chi connectivity index (χ3v) is 2.78. The first-order valence-corrected chi connectivity index (χ1v) is 5.58. The molecule has 0 aliphatic carbocycles. The number of nitrogens with zero attached hydrogens (tertiary/aromatic N) is 1. The van der Waals surface area contributed by atoms with Crippen LogP contribution in [0.4, 0.5) is 5.69 Å². The predicted octanol–water partition coefficient (Wildman–Crippen LogP) is 1.94. The summed E-state index contributed by atoms with van der Waals surface area (Å²) in [5.41, 5.74) is 7.60. The predicted molar refractivity (Wildman–Crippen MR) is 67.4 cm³/mol. The van der Waals surface area contributed by atoms with Gasteiger partial charge in [-0.25, -0.2) is 0 Å². The van der Waals surface area contributed by atoms with Crippen LogP contribution >= 0.6 is 0 Å². The Morgan fingerprint density at radius 2 is 2.06 bits per heavy atom. The number of carbonyl (C=O) groups excluding carboxylic acids is 1. The summed E-state index contributed by atoms with van der Waals surface area (Å²) in [7, 11) is 1.81. The number of amides is 1. The number of nitrogens with two attached hydrogens (primary N) is 1. The average Bonchev–Trinajstić information content (AvgIpc) is 2.28. The van der Waals surface area contributed by atoms with E-state index in [0.29, 0.717) is 13.0 Å². The molecule has 1 amide bonds. The van der Waals surface area contributed by atoms with Gasteiger partial charge in [0, 0.05) is 19.2 Å². The minimum absolute atomic E-state index is 0.118. The van der Waals surface area contributed by atoms with Gasteiger partial charge in [-0.2, -0.15) is 0 Å². The van der Waals surface area contributed by atoms with E-state index in [2.05, 4.69) is 0 Å². The Labute approximate surface area is 97.2 Å². The smallest absolute Gasteiger partial charge is 0.227 e. The van der Waals surface area contributed by atoms with Crippen molar-refractivity contribution in [3.63, 3.8) is 0 Å². The minimum Gasteiger partial charge on any atom is -0.330 e. The van der Waals surface area contributed by atoms with Gasteiger partial charge in [0.2, 0.25) is 5.91 Å². The van der Waals surface area contributed by atoms with Gasteiger partial charge >= 0.3 is 0 Å². The van der Waals surface area contributed by atoms with E-state index in [-0.39, 0.29) is 11.8 Å². The molecule has 0 aliphatic heterocycles. The Morgan fingerprint density at radius 1 is 1.44 bits per heavy atom. The summed E-state index contributed by atoms with van der Waals surface area (Å²) in [4.78, 5) is 13.6. The summed E-state index contributed by atoms with van der Waals surface area (Å²) in [6, 6.07) is 7.88. The molecule has 1 unspecified atom stereocenters. The lowest BCUT2D eigenvalue weighted by Crippen LogP contribution is -2.29. The molecule has 1 aromatic carbocycles. The third-order valence-electron chi connectivity index (χ3n) is 2.78. The highest BCUT2D eigenvalue weighted by atomic mass is 16.2. The van der Waals surface area contributed by atoms with Gasteiger partial charge in [-0.3, -0.25) is 4.79 Å². The second-order valence-electron chi connectivity index (χ2n) is 4.28. The molecule has 0 aromatic heterocycles. The number of para-hydroxylation sites is 1. The Morgan fingerprint density at radius 3 is 2.62 bits per heavy atom. The van der Waals surface area contributed by atoms with E-state index in [1.54, 1.807) is 4.90 Å². The van der Waals surface area contributed by atoms with Crippen LogP contribution in [0, 0.1) is 12.8 Å². The molecule has 3 heteroatoms. The Bertz CT molecular complexity index is 363. The molecule has 0 radical (unpaired) electrons. The molecule has 16 heavy (non-hydrogen) atoms. The quantitative estimate of drug-likeness (QED) is 0.843. The number of hydrogen-bond donors (Lipinski definition) is 1. The van der Waals surface area contributed by atoms with Gasteiger partial charge in [0.25, 0.3) is 0 Å². The van der Waals surface area contributed by atoms with E-state index in [4.69, 9.17) is 5.73 Å². The highest BCUT2D eigenvalue weighted by Gasteiger charge is 2.14. The lowest BCUT2D eigenvalue weighted by Gasteiger charge is -2.21. The summed E-state index contributed by atoms with van der Waals surface area (Å²) in [6.45, 7) is 4.54. The molecule has 1 atom stereocenters. The van der Waals surface area contributed by atoms with Crippen molar-refractivity contribution >= 4 is 11.6 Å². The van der Waals surface area contributed by atoms with Gasteiger partial charge in [-0.05, 0) is 31.0 Å². The number of carbonyl (C=O) groups is 1. The summed E-state index contributed by atoms with van der Waals surface area (Å²) in [5.74, 6) is 0.353. The maximum absolute atomic E-state index is 11.9. The van der Waals surface area contributed by atoms with Crippen molar-refractivity contribution in [1.82, 2.24) is 0 Å². The van der Waals surface area contributed by atoms with Crippen LogP contribution in [0.5, 0.6) is 0 Å². The zero-order chi connectivity index (χ0) is 12.1. The van der Waals surface area contributed by atoms with Gasteiger partial charge in [0.05, 0.1) is 0 Å². The molecule has 0 saturated carbocycles. The van der Waals surface area contributed by atoms with E-state index in [0.717, 1.165) is 11.3 Å². The summed E-state index contributed by atoms with van der Waals surface area (Å²) >= 11 is 0. The number of aryl methyl sites for hydroxylation is 1. The monoisotopic (exact) mass is 220 g/mol. The average molecular weight is 220 g/mol. The molecule has 3 nitrogen and oxygen atoms in total. The van der Waals surface area contributed by atoms with Crippen molar-refractivity contribution in [3.05, 3.63) is 29.8 Å². The molecule has 2 N–H and O–H groups in total. The largest absolute Gasteiger partial charge is 0.330 e. The number of rotatable bonds is 4. The fourth-order valence-electron chi connectivity index (χ4n) is 1.59. The molecule has 0 heterocycles. The highest BCUT2D eigenvalue weighted by Crippen LogP contribution is 2.19. The van der Waals surface area contributed by atoms with Crippen molar-refractivity contribution in [2.75, 3.05) is 18.5 Å². The van der Waals surface area contributed by atoms with Crippen molar-refractivity contribution in [1.29, 1.82) is 0 Å². The lowest BCUT2D eigenvalue weighted by molar-refractivity contribution is -0.119. The van der Waals surface area contributed by atoms with Crippen LogP contribution in [-0.4, -0.2) is 19.5 Å². The Kier molecular flexibility index (Phi) is 4.50. The summed E-state index contributed by atoms with van der Waals surface area (Å²) in [5, 5.41) is 0. The van der Waals surface area contributed by atoms with Crippen LogP contribution in [0.3, 0.4) is 0 Å². The highest BCUT2D eigenvalue weighted by molar-refractivity contribution is 5.93. The molecular weight excluding hydrogens is 200 g/mol. The van der Waals surface area contributed by atoms with E-state index in [9.17, 15) is 4.79 Å². The lowest BCUT2D eigenvalue weighted by atomic mass is 10.1. The minimum atomic E-state index is 0.118. The standard InChI is InChI=1S/C13H20N2O/c1-10(9-14)8-13(16)15(3)12-7-5-4-6-11(12)2/h4-7,10H,8-9,14H2,1-3H3. The maximum Gasteiger partial charge on any atom is 0.227 e. The van der Waals surface area contributed by atoms with Crippen molar-refractivity contribution in [2.24, 2.45) is 11.7 Å². The number of hydrogen-bond acceptors (Lipinski definition) is 2. The molecule has 0 bridgehead atoms. The molecule has 0 spiro atoms. The second-order valence-corrected chi connectivity index (χ2v) is 4.28. The van der Waals surface area contributed by atoms with Gasteiger partial charge in [-0.15, -0.1) is 0 Å². The normalized spacial score (nSPS) is 12.2. The van der Waals surface area contributed by atoms with Crippen LogP contribution in [0.2, 0.25) is 0 Å². The Balaban J connectivity index is 2.75. The van der Waals surface area contributed by atoms with Crippen LogP contribution in [0.15, 0.2) is 24.3 Å². The molecule has 1 aromatic rings. The van der Waals surface area contributed by atoms with Crippen LogP contribution in [0.1, 0.15) is 18.9 Å². The molecular formula is C13H20N2O. The van der Waals surface area contributed by atoms with E-state index in [1.807, 2.05) is 45.2 Å². The van der Waals surface area contributed by atoms with Crippen LogP contribution in [-0.2, 0) is 4.79 Å². The molecule has 0 saturated heterocycles. The fourth-order valence-corrected chi connectivity index (χ4v) is 1.59. The molecule has 1 rings (SSSR count). The zero-order valence-corrected chi connectivity index (χ0v) is 10.2.